The lowest BCUT2D eigenvalue weighted by atomic mass is 9.86. The number of esters is 1. The fraction of sp³-hybridized carbons (Fsp3) is 0.500. The summed E-state index contributed by atoms with van der Waals surface area (Å²) in [5, 5.41) is 7.79. The lowest BCUT2D eigenvalue weighted by Crippen LogP contribution is -2.65. The van der Waals surface area contributed by atoms with Crippen LogP contribution in [0.15, 0.2) is 24.3 Å². The standard InChI is InChI=1S/C24H29ClN4O4/c1-14-5-8-16(9-6-14)26-23(32)24(3)13-28-20(12-18(27-28)22(31)33-4)21(30)29(24)19-10-7-15(2)11-17(19)25/h7,10-12,14,16H,5-6,8-9,13H2,1-4H3,(H,26,32). The first-order valence-electron chi connectivity index (χ1n) is 11.2. The Morgan fingerprint density at radius 1 is 1.21 bits per heavy atom. The molecule has 1 fully saturated rings. The van der Waals surface area contributed by atoms with E-state index in [-0.39, 0.29) is 29.9 Å². The number of nitrogens with one attached hydrogen (secondary N) is 1. The Bertz CT molecular complexity index is 1110. The third-order valence-electron chi connectivity index (χ3n) is 6.73. The van der Waals surface area contributed by atoms with E-state index < -0.39 is 17.4 Å². The number of aryl methyl sites for hydroxylation is 1. The van der Waals surface area contributed by atoms with Crippen LogP contribution in [0.4, 0.5) is 5.69 Å². The molecule has 8 nitrogen and oxygen atoms in total. The van der Waals surface area contributed by atoms with E-state index in [1.807, 2.05) is 13.0 Å². The normalized spacial score (nSPS) is 24.9. The van der Waals surface area contributed by atoms with Gasteiger partial charge in [0.15, 0.2) is 5.69 Å². The number of anilines is 1. The van der Waals surface area contributed by atoms with Gasteiger partial charge >= 0.3 is 5.97 Å². The topological polar surface area (TPSA) is 93.5 Å². The fourth-order valence-electron chi connectivity index (χ4n) is 4.70. The molecule has 2 aromatic rings. The largest absolute Gasteiger partial charge is 0.464 e. The van der Waals surface area contributed by atoms with Crippen molar-refractivity contribution in [2.24, 2.45) is 5.92 Å². The number of ether oxygens (including phenoxy) is 1. The number of benzene rings is 1. The highest BCUT2D eigenvalue weighted by molar-refractivity contribution is 6.34. The van der Waals surface area contributed by atoms with Gasteiger partial charge < -0.3 is 10.1 Å². The summed E-state index contributed by atoms with van der Waals surface area (Å²) in [4.78, 5) is 40.9. The molecule has 1 aromatic heterocycles. The number of fused-ring (bicyclic) bond motifs is 1. The van der Waals surface area contributed by atoms with Gasteiger partial charge in [-0.1, -0.05) is 24.6 Å². The van der Waals surface area contributed by atoms with Crippen LogP contribution in [0.1, 0.15) is 66.1 Å². The zero-order valence-electron chi connectivity index (χ0n) is 19.4. The lowest BCUT2D eigenvalue weighted by Gasteiger charge is -2.44. The predicted molar refractivity (Wildman–Crippen MR) is 125 cm³/mol. The van der Waals surface area contributed by atoms with Crippen LogP contribution in [-0.2, 0) is 16.1 Å². The monoisotopic (exact) mass is 472 g/mol. The van der Waals surface area contributed by atoms with Crippen LogP contribution in [0.25, 0.3) is 0 Å². The molecule has 2 aliphatic rings. The number of amides is 2. The first kappa shape index (κ1) is 23.3. The summed E-state index contributed by atoms with van der Waals surface area (Å²) in [5.74, 6) is -0.722. The molecule has 2 amide bonds. The molecule has 4 rings (SSSR count). The molecule has 0 spiro atoms. The predicted octanol–water partition coefficient (Wildman–Crippen LogP) is 3.75. The molecule has 1 unspecified atom stereocenters. The summed E-state index contributed by atoms with van der Waals surface area (Å²) in [5.41, 5.74) is 0.291. The van der Waals surface area contributed by atoms with Crippen LogP contribution in [-0.4, -0.2) is 46.3 Å². The van der Waals surface area contributed by atoms with Crippen LogP contribution in [0.2, 0.25) is 5.02 Å². The molecule has 33 heavy (non-hydrogen) atoms. The number of aromatic nitrogens is 2. The van der Waals surface area contributed by atoms with Crippen LogP contribution in [0.5, 0.6) is 0 Å². The van der Waals surface area contributed by atoms with Crippen LogP contribution < -0.4 is 10.2 Å². The van der Waals surface area contributed by atoms with E-state index in [1.54, 1.807) is 19.1 Å². The zero-order valence-corrected chi connectivity index (χ0v) is 20.1. The summed E-state index contributed by atoms with van der Waals surface area (Å²) < 4.78 is 6.17. The van der Waals surface area contributed by atoms with E-state index in [9.17, 15) is 14.4 Å². The maximum atomic E-state index is 13.7. The van der Waals surface area contributed by atoms with Gasteiger partial charge in [-0.15, -0.1) is 0 Å². The number of halogens is 1. The van der Waals surface area contributed by atoms with Crippen molar-refractivity contribution in [3.05, 3.63) is 46.2 Å². The number of hydrogen-bond donors (Lipinski definition) is 1. The maximum Gasteiger partial charge on any atom is 0.358 e. The summed E-state index contributed by atoms with van der Waals surface area (Å²) in [7, 11) is 1.25. The maximum absolute atomic E-state index is 13.7. The number of carbonyl (C=O) groups excluding carboxylic acids is 3. The van der Waals surface area contributed by atoms with Crippen molar-refractivity contribution in [2.45, 2.75) is 64.6 Å². The minimum atomic E-state index is -1.30. The summed E-state index contributed by atoms with van der Waals surface area (Å²) in [6.07, 6.45) is 3.92. The molecule has 0 bridgehead atoms. The van der Waals surface area contributed by atoms with Crippen molar-refractivity contribution in [3.8, 4) is 0 Å². The van der Waals surface area contributed by atoms with Crippen molar-refractivity contribution in [2.75, 3.05) is 12.0 Å². The Morgan fingerprint density at radius 2 is 1.91 bits per heavy atom. The fourth-order valence-corrected chi connectivity index (χ4v) is 5.02. The van der Waals surface area contributed by atoms with Gasteiger partial charge in [0.25, 0.3) is 5.91 Å². The third kappa shape index (κ3) is 4.24. The van der Waals surface area contributed by atoms with Gasteiger partial charge in [0.1, 0.15) is 11.2 Å². The van der Waals surface area contributed by atoms with Crippen molar-refractivity contribution >= 4 is 35.1 Å². The minimum Gasteiger partial charge on any atom is -0.464 e. The van der Waals surface area contributed by atoms with E-state index in [1.165, 1.54) is 22.8 Å². The van der Waals surface area contributed by atoms with Gasteiger partial charge in [-0.3, -0.25) is 19.2 Å². The SMILES string of the molecule is COC(=O)c1cc2n(n1)CC(C)(C(=O)NC1CCC(C)CC1)N(c1ccc(C)cc1Cl)C2=O. The molecule has 1 atom stereocenters. The van der Waals surface area contributed by atoms with E-state index in [4.69, 9.17) is 16.3 Å². The molecule has 1 N–H and O–H groups in total. The Kier molecular flexibility index (Phi) is 6.22. The molecule has 0 radical (unpaired) electrons. The van der Waals surface area contributed by atoms with Gasteiger partial charge in [0, 0.05) is 12.1 Å². The van der Waals surface area contributed by atoms with Crippen molar-refractivity contribution in [1.82, 2.24) is 15.1 Å². The molecule has 1 saturated carbocycles. The Balaban J connectivity index is 1.76. The van der Waals surface area contributed by atoms with E-state index in [2.05, 4.69) is 17.3 Å². The zero-order chi connectivity index (χ0) is 23.9. The average molecular weight is 473 g/mol. The second kappa shape index (κ2) is 8.82. The number of hydrogen-bond acceptors (Lipinski definition) is 5. The second-order valence-electron chi connectivity index (χ2n) is 9.36. The number of methoxy groups -OCH3 is 1. The van der Waals surface area contributed by atoms with E-state index >= 15 is 0 Å². The van der Waals surface area contributed by atoms with Gasteiger partial charge in [-0.2, -0.15) is 5.10 Å². The number of nitrogens with zero attached hydrogens (tertiary/aromatic N) is 3. The van der Waals surface area contributed by atoms with E-state index in [0.717, 1.165) is 31.2 Å². The molecule has 176 valence electrons. The summed E-state index contributed by atoms with van der Waals surface area (Å²) in [6.45, 7) is 5.91. The highest BCUT2D eigenvalue weighted by atomic mass is 35.5. The van der Waals surface area contributed by atoms with Crippen LogP contribution in [0.3, 0.4) is 0 Å². The molecule has 0 saturated heterocycles. The number of rotatable bonds is 4. The smallest absolute Gasteiger partial charge is 0.358 e. The number of carbonyl (C=O) groups is 3. The third-order valence-corrected chi connectivity index (χ3v) is 7.03. The van der Waals surface area contributed by atoms with Crippen molar-refractivity contribution in [1.29, 1.82) is 0 Å². The van der Waals surface area contributed by atoms with Crippen LogP contribution >= 0.6 is 11.6 Å². The molecular formula is C24H29ClN4O4. The van der Waals surface area contributed by atoms with Gasteiger partial charge in [-0.25, -0.2) is 4.79 Å². The average Bonchev–Trinajstić information content (AvgIpc) is 3.20. The van der Waals surface area contributed by atoms with Crippen molar-refractivity contribution < 1.29 is 19.1 Å². The molecule has 2 heterocycles. The Morgan fingerprint density at radius 3 is 2.55 bits per heavy atom. The van der Waals surface area contributed by atoms with Gasteiger partial charge in [0.05, 0.1) is 24.4 Å². The molecular weight excluding hydrogens is 444 g/mol. The Labute approximate surface area is 198 Å². The van der Waals surface area contributed by atoms with Gasteiger partial charge in [0.2, 0.25) is 5.91 Å². The minimum absolute atomic E-state index is 0.0155. The molecule has 1 aliphatic carbocycles. The highest BCUT2D eigenvalue weighted by Gasteiger charge is 2.50. The van der Waals surface area contributed by atoms with E-state index in [0.29, 0.717) is 16.6 Å². The molecule has 1 aromatic carbocycles. The van der Waals surface area contributed by atoms with Gasteiger partial charge in [-0.05, 0) is 63.1 Å². The second-order valence-corrected chi connectivity index (χ2v) is 9.77. The molecule has 9 heteroatoms. The first-order chi connectivity index (χ1) is 15.6. The van der Waals surface area contributed by atoms with Crippen molar-refractivity contribution in [3.63, 3.8) is 0 Å². The summed E-state index contributed by atoms with van der Waals surface area (Å²) >= 11 is 6.55. The summed E-state index contributed by atoms with van der Waals surface area (Å²) in [6, 6.07) is 6.80. The highest BCUT2D eigenvalue weighted by Crippen LogP contribution is 2.37. The Hall–Kier alpha value is -2.87. The van der Waals surface area contributed by atoms with Crippen LogP contribution in [0, 0.1) is 12.8 Å². The quantitative estimate of drug-likeness (QED) is 0.684. The lowest BCUT2D eigenvalue weighted by molar-refractivity contribution is -0.127. The molecule has 1 aliphatic heterocycles. The first-order valence-corrected chi connectivity index (χ1v) is 11.6.